The fourth-order valence-electron chi connectivity index (χ4n) is 1.72. The van der Waals surface area contributed by atoms with Crippen LogP contribution in [0.25, 0.3) is 0 Å². The first-order chi connectivity index (χ1) is 9.68. The molecule has 108 valence electrons. The lowest BCUT2D eigenvalue weighted by Gasteiger charge is -2.26. The highest BCUT2D eigenvalue weighted by atomic mass is 35.5. The summed E-state index contributed by atoms with van der Waals surface area (Å²) in [7, 11) is 0. The summed E-state index contributed by atoms with van der Waals surface area (Å²) in [5.41, 5.74) is 0.564. The van der Waals surface area contributed by atoms with Gasteiger partial charge in [-0.2, -0.15) is 0 Å². The van der Waals surface area contributed by atoms with Crippen molar-refractivity contribution in [1.29, 1.82) is 0 Å². The average molecular weight is 317 g/mol. The van der Waals surface area contributed by atoms with Crippen molar-refractivity contribution >= 4 is 35.3 Å². The lowest BCUT2D eigenvalue weighted by Crippen LogP contribution is -2.42. The molecular formula is C13H14Cl2N2O3. The fourth-order valence-corrected chi connectivity index (χ4v) is 2.22. The number of benzene rings is 1. The van der Waals surface area contributed by atoms with E-state index in [2.05, 4.69) is 5.16 Å². The van der Waals surface area contributed by atoms with Crippen LogP contribution in [0.4, 0.5) is 0 Å². The van der Waals surface area contributed by atoms with Crippen LogP contribution in [0.2, 0.25) is 10.0 Å². The number of nitrogens with zero attached hydrogens (tertiary/aromatic N) is 2. The van der Waals surface area contributed by atoms with Crippen LogP contribution >= 0.6 is 23.2 Å². The minimum absolute atomic E-state index is 0.113. The molecule has 20 heavy (non-hydrogen) atoms. The Morgan fingerprint density at radius 3 is 2.65 bits per heavy atom. The highest BCUT2D eigenvalue weighted by Crippen LogP contribution is 2.22. The first kappa shape index (κ1) is 15.1. The molecule has 1 aromatic rings. The third kappa shape index (κ3) is 4.10. The molecule has 1 aliphatic heterocycles. The van der Waals surface area contributed by atoms with Crippen LogP contribution in [-0.2, 0) is 14.4 Å². The van der Waals surface area contributed by atoms with Crippen LogP contribution in [0.15, 0.2) is 23.4 Å². The second kappa shape index (κ2) is 7.47. The number of rotatable bonds is 4. The standard InChI is InChI=1S/C13H14Cl2N2O3/c14-11-2-1-3-12(15)10(11)8-16-20-9-13(18)17-4-6-19-7-5-17/h1-3,8H,4-7,9H2. The number of oxime groups is 1. The Labute approximate surface area is 127 Å². The van der Waals surface area contributed by atoms with E-state index in [-0.39, 0.29) is 12.5 Å². The summed E-state index contributed by atoms with van der Waals surface area (Å²) in [5, 5.41) is 4.68. The molecule has 0 spiro atoms. The Kier molecular flexibility index (Phi) is 5.64. The quantitative estimate of drug-likeness (QED) is 0.632. The molecule has 0 bridgehead atoms. The van der Waals surface area contributed by atoms with Crippen molar-refractivity contribution < 1.29 is 14.4 Å². The number of halogens is 2. The first-order valence-electron chi connectivity index (χ1n) is 6.13. The topological polar surface area (TPSA) is 51.1 Å². The van der Waals surface area contributed by atoms with Gasteiger partial charge in [0.1, 0.15) is 0 Å². The molecule has 1 fully saturated rings. The van der Waals surface area contributed by atoms with Gasteiger partial charge in [-0.05, 0) is 12.1 Å². The van der Waals surface area contributed by atoms with Gasteiger partial charge in [-0.15, -0.1) is 0 Å². The third-order valence-corrected chi connectivity index (χ3v) is 3.47. The zero-order valence-corrected chi connectivity index (χ0v) is 12.2. The van der Waals surface area contributed by atoms with Crippen LogP contribution in [0.1, 0.15) is 5.56 Å². The van der Waals surface area contributed by atoms with Crippen LogP contribution in [-0.4, -0.2) is 49.9 Å². The Hall–Kier alpha value is -1.30. The lowest BCUT2D eigenvalue weighted by molar-refractivity contribution is -0.140. The normalized spacial score (nSPS) is 15.6. The SMILES string of the molecule is O=C(CON=Cc1c(Cl)cccc1Cl)N1CCOCC1. The Bertz CT molecular complexity index is 482. The van der Waals surface area contributed by atoms with E-state index in [9.17, 15) is 4.79 Å². The average Bonchev–Trinajstić information content (AvgIpc) is 2.46. The number of morpholine rings is 1. The highest BCUT2D eigenvalue weighted by Gasteiger charge is 2.16. The summed E-state index contributed by atoms with van der Waals surface area (Å²) in [5.74, 6) is -0.115. The number of hydrogen-bond acceptors (Lipinski definition) is 4. The van der Waals surface area contributed by atoms with Gasteiger partial charge in [0, 0.05) is 18.7 Å². The molecular weight excluding hydrogens is 303 g/mol. The van der Waals surface area contributed by atoms with Gasteiger partial charge in [0.2, 0.25) is 0 Å². The Morgan fingerprint density at radius 2 is 2.00 bits per heavy atom. The smallest absolute Gasteiger partial charge is 0.263 e. The first-order valence-corrected chi connectivity index (χ1v) is 6.89. The number of amides is 1. The van der Waals surface area contributed by atoms with E-state index in [0.29, 0.717) is 41.9 Å². The molecule has 1 heterocycles. The minimum Gasteiger partial charge on any atom is -0.386 e. The monoisotopic (exact) mass is 316 g/mol. The number of hydrogen-bond donors (Lipinski definition) is 0. The summed E-state index contributed by atoms with van der Waals surface area (Å²) >= 11 is 11.9. The predicted molar refractivity (Wildman–Crippen MR) is 77.4 cm³/mol. The molecule has 1 aromatic carbocycles. The van der Waals surface area contributed by atoms with E-state index in [1.54, 1.807) is 23.1 Å². The van der Waals surface area contributed by atoms with Crippen molar-refractivity contribution in [1.82, 2.24) is 4.90 Å². The van der Waals surface area contributed by atoms with Gasteiger partial charge >= 0.3 is 0 Å². The number of ether oxygens (including phenoxy) is 1. The van der Waals surface area contributed by atoms with E-state index >= 15 is 0 Å². The van der Waals surface area contributed by atoms with Gasteiger partial charge in [-0.25, -0.2) is 0 Å². The van der Waals surface area contributed by atoms with Crippen molar-refractivity contribution in [2.45, 2.75) is 0 Å². The van der Waals surface area contributed by atoms with Crippen molar-refractivity contribution in [3.05, 3.63) is 33.8 Å². The van der Waals surface area contributed by atoms with Gasteiger partial charge in [0.15, 0.2) is 6.61 Å². The molecule has 0 unspecified atom stereocenters. The van der Waals surface area contributed by atoms with Gasteiger partial charge in [-0.1, -0.05) is 34.4 Å². The van der Waals surface area contributed by atoms with E-state index in [4.69, 9.17) is 32.8 Å². The summed E-state index contributed by atoms with van der Waals surface area (Å²) in [6.45, 7) is 2.18. The number of carbonyl (C=O) groups is 1. The second-order valence-corrected chi connectivity index (χ2v) is 4.95. The molecule has 0 atom stereocenters. The van der Waals surface area contributed by atoms with Crippen molar-refractivity contribution in [3.63, 3.8) is 0 Å². The molecule has 2 rings (SSSR count). The molecule has 0 aliphatic carbocycles. The molecule has 0 aromatic heterocycles. The van der Waals surface area contributed by atoms with E-state index in [0.717, 1.165) is 0 Å². The van der Waals surface area contributed by atoms with Crippen LogP contribution < -0.4 is 0 Å². The maximum absolute atomic E-state index is 11.8. The van der Waals surface area contributed by atoms with Gasteiger partial charge in [0.25, 0.3) is 5.91 Å². The molecule has 1 amide bonds. The summed E-state index contributed by atoms with van der Waals surface area (Å²) in [6.07, 6.45) is 1.40. The number of carbonyl (C=O) groups excluding carboxylic acids is 1. The highest BCUT2D eigenvalue weighted by molar-refractivity contribution is 6.38. The molecule has 1 saturated heterocycles. The van der Waals surface area contributed by atoms with Crippen molar-refractivity contribution in [3.8, 4) is 0 Å². The van der Waals surface area contributed by atoms with E-state index in [1.807, 2.05) is 0 Å². The molecule has 0 N–H and O–H groups in total. The fraction of sp³-hybridized carbons (Fsp3) is 0.385. The predicted octanol–water partition coefficient (Wildman–Crippen LogP) is 2.20. The van der Waals surface area contributed by atoms with Gasteiger partial charge < -0.3 is 14.5 Å². The zero-order valence-electron chi connectivity index (χ0n) is 10.7. The maximum atomic E-state index is 11.8. The molecule has 0 radical (unpaired) electrons. The zero-order chi connectivity index (χ0) is 14.4. The largest absolute Gasteiger partial charge is 0.386 e. The minimum atomic E-state index is -0.115. The van der Waals surface area contributed by atoms with Gasteiger partial charge in [-0.3, -0.25) is 4.79 Å². The van der Waals surface area contributed by atoms with Crippen molar-refractivity contribution in [2.24, 2.45) is 5.16 Å². The molecule has 1 aliphatic rings. The Balaban J connectivity index is 1.83. The second-order valence-electron chi connectivity index (χ2n) is 4.14. The summed E-state index contributed by atoms with van der Waals surface area (Å²) in [4.78, 5) is 18.4. The van der Waals surface area contributed by atoms with Crippen molar-refractivity contribution in [2.75, 3.05) is 32.9 Å². The van der Waals surface area contributed by atoms with Crippen LogP contribution in [0.5, 0.6) is 0 Å². The summed E-state index contributed by atoms with van der Waals surface area (Å²) in [6, 6.07) is 5.15. The lowest BCUT2D eigenvalue weighted by atomic mass is 10.2. The Morgan fingerprint density at radius 1 is 1.35 bits per heavy atom. The maximum Gasteiger partial charge on any atom is 0.263 e. The van der Waals surface area contributed by atoms with Gasteiger partial charge in [0.05, 0.1) is 29.5 Å². The molecule has 7 heteroatoms. The molecule has 5 nitrogen and oxygen atoms in total. The van der Waals surface area contributed by atoms with Crippen LogP contribution in [0, 0.1) is 0 Å². The summed E-state index contributed by atoms with van der Waals surface area (Å²) < 4.78 is 5.17. The van der Waals surface area contributed by atoms with Crippen LogP contribution in [0.3, 0.4) is 0 Å². The van der Waals surface area contributed by atoms with E-state index < -0.39 is 0 Å². The van der Waals surface area contributed by atoms with E-state index in [1.165, 1.54) is 6.21 Å². The molecule has 0 saturated carbocycles. The third-order valence-electron chi connectivity index (χ3n) is 2.81.